The van der Waals surface area contributed by atoms with Crippen molar-refractivity contribution in [1.29, 1.82) is 0 Å². The van der Waals surface area contributed by atoms with E-state index in [9.17, 15) is 29.4 Å². The highest BCUT2D eigenvalue weighted by atomic mass is 16.3. The Hall–Kier alpha value is -2.24. The molecule has 0 aromatic rings. The highest BCUT2D eigenvalue weighted by molar-refractivity contribution is 5.89. The number of nitrogens with two attached hydrogens (primary N) is 2. The molecular weight excluding hydrogens is 382 g/mol. The largest absolute Gasteiger partial charge is 0.391 e. The van der Waals surface area contributed by atoms with E-state index >= 15 is 0 Å². The van der Waals surface area contributed by atoms with Crippen LogP contribution in [0, 0.1) is 11.8 Å². The number of hydrogen-bond acceptors (Lipinski definition) is 7. The van der Waals surface area contributed by atoms with E-state index < -0.39 is 42.0 Å². The first-order valence-electron chi connectivity index (χ1n) is 9.81. The van der Waals surface area contributed by atoms with Gasteiger partial charge in [0.2, 0.25) is 23.6 Å². The maximum absolute atomic E-state index is 12.8. The van der Waals surface area contributed by atoms with Crippen molar-refractivity contribution in [3.8, 4) is 0 Å². The third kappa shape index (κ3) is 5.43. The van der Waals surface area contributed by atoms with E-state index in [1.54, 1.807) is 4.90 Å². The molecule has 4 amide bonds. The fourth-order valence-corrected chi connectivity index (χ4v) is 3.71. The quantitative estimate of drug-likeness (QED) is 0.290. The Morgan fingerprint density at radius 1 is 0.966 bits per heavy atom. The third-order valence-electron chi connectivity index (χ3n) is 5.61. The molecule has 2 fully saturated rings. The summed E-state index contributed by atoms with van der Waals surface area (Å²) in [6.45, 7) is 4.02. The smallest absolute Gasteiger partial charge is 0.242 e. The van der Waals surface area contributed by atoms with Gasteiger partial charge in [0.05, 0.1) is 24.0 Å². The van der Waals surface area contributed by atoms with Gasteiger partial charge < -0.3 is 36.8 Å². The molecule has 164 valence electrons. The molecule has 0 unspecified atom stereocenters. The van der Waals surface area contributed by atoms with Gasteiger partial charge in [0.1, 0.15) is 12.1 Å². The van der Waals surface area contributed by atoms with Crippen molar-refractivity contribution in [1.82, 2.24) is 15.1 Å². The predicted octanol–water partition coefficient (Wildman–Crippen LogP) is -3.26. The van der Waals surface area contributed by atoms with Gasteiger partial charge in [-0.05, 0) is 26.7 Å². The predicted molar refractivity (Wildman–Crippen MR) is 102 cm³/mol. The molecule has 6 atom stereocenters. The van der Waals surface area contributed by atoms with Crippen molar-refractivity contribution >= 4 is 23.6 Å². The summed E-state index contributed by atoms with van der Waals surface area (Å²) in [4.78, 5) is 51.8. The van der Waals surface area contributed by atoms with Crippen LogP contribution < -0.4 is 16.8 Å². The summed E-state index contributed by atoms with van der Waals surface area (Å²) in [6.07, 6.45) is -1.16. The number of carbonyl (C=O) groups excluding carboxylic acids is 4. The van der Waals surface area contributed by atoms with E-state index in [-0.39, 0.29) is 30.8 Å². The number of nitrogens with zero attached hydrogens (tertiary/aromatic N) is 2. The van der Waals surface area contributed by atoms with Crippen molar-refractivity contribution in [3.63, 3.8) is 0 Å². The maximum atomic E-state index is 12.8. The lowest BCUT2D eigenvalue weighted by Crippen LogP contribution is -2.52. The number of amides is 4. The van der Waals surface area contributed by atoms with Gasteiger partial charge in [-0.25, -0.2) is 0 Å². The molecule has 0 aliphatic carbocycles. The summed E-state index contributed by atoms with van der Waals surface area (Å²) in [7, 11) is 0. The molecule has 0 aromatic carbocycles. The van der Waals surface area contributed by atoms with Crippen LogP contribution in [-0.2, 0) is 19.2 Å². The van der Waals surface area contributed by atoms with Crippen LogP contribution >= 0.6 is 0 Å². The Bertz CT molecular complexity index is 655. The molecule has 29 heavy (non-hydrogen) atoms. The lowest BCUT2D eigenvalue weighted by atomic mass is 10.1. The SMILES string of the molecule is C[C@@H](O)[C@H](N)C(=O)N1CC[C@H](C(=O)N2CC[C@@H](C(=O)N[C@H](C(N)=O)[C@@H](C)O)C2)C1. The second-order valence-corrected chi connectivity index (χ2v) is 7.94. The lowest BCUT2D eigenvalue weighted by Gasteiger charge is -2.24. The van der Waals surface area contributed by atoms with Crippen molar-refractivity contribution in [2.75, 3.05) is 26.2 Å². The molecule has 2 aliphatic heterocycles. The Kier molecular flexibility index (Phi) is 7.55. The summed E-state index contributed by atoms with van der Waals surface area (Å²) in [6, 6.07) is -2.20. The minimum atomic E-state index is -1.18. The zero-order valence-electron chi connectivity index (χ0n) is 16.8. The molecule has 2 rings (SSSR count). The molecule has 2 saturated heterocycles. The highest BCUT2D eigenvalue weighted by Crippen LogP contribution is 2.24. The van der Waals surface area contributed by atoms with Gasteiger partial charge >= 0.3 is 0 Å². The normalized spacial score (nSPS) is 26.0. The number of aliphatic hydroxyl groups excluding tert-OH is 2. The summed E-state index contributed by atoms with van der Waals surface area (Å²) >= 11 is 0. The van der Waals surface area contributed by atoms with Gasteiger partial charge in [-0.15, -0.1) is 0 Å². The van der Waals surface area contributed by atoms with Crippen LogP contribution in [0.25, 0.3) is 0 Å². The number of aliphatic hydroxyl groups is 2. The lowest BCUT2D eigenvalue weighted by molar-refractivity contribution is -0.136. The van der Waals surface area contributed by atoms with Gasteiger partial charge in [-0.2, -0.15) is 0 Å². The van der Waals surface area contributed by atoms with E-state index in [1.165, 1.54) is 18.7 Å². The summed E-state index contributed by atoms with van der Waals surface area (Å²) < 4.78 is 0. The third-order valence-corrected chi connectivity index (χ3v) is 5.61. The van der Waals surface area contributed by atoms with Crippen LogP contribution in [0.4, 0.5) is 0 Å². The summed E-state index contributed by atoms with van der Waals surface area (Å²) in [5, 5.41) is 21.5. The van der Waals surface area contributed by atoms with E-state index in [0.29, 0.717) is 25.9 Å². The van der Waals surface area contributed by atoms with Gasteiger partial charge in [0.25, 0.3) is 0 Å². The van der Waals surface area contributed by atoms with Crippen molar-refractivity contribution in [3.05, 3.63) is 0 Å². The van der Waals surface area contributed by atoms with E-state index in [2.05, 4.69) is 5.32 Å². The van der Waals surface area contributed by atoms with Crippen LogP contribution in [0.15, 0.2) is 0 Å². The molecule has 11 heteroatoms. The van der Waals surface area contributed by atoms with Crippen LogP contribution in [0.5, 0.6) is 0 Å². The first-order chi connectivity index (χ1) is 13.5. The average molecular weight is 413 g/mol. The van der Waals surface area contributed by atoms with Crippen LogP contribution in [0.2, 0.25) is 0 Å². The zero-order chi connectivity index (χ0) is 21.9. The molecule has 0 radical (unpaired) electrons. The van der Waals surface area contributed by atoms with E-state index in [0.717, 1.165) is 0 Å². The van der Waals surface area contributed by atoms with E-state index in [4.69, 9.17) is 11.5 Å². The van der Waals surface area contributed by atoms with Gasteiger partial charge in [-0.1, -0.05) is 0 Å². The number of hydrogen-bond donors (Lipinski definition) is 5. The molecular formula is C18H31N5O6. The molecule has 0 saturated carbocycles. The number of likely N-dealkylation sites (tertiary alicyclic amines) is 2. The van der Waals surface area contributed by atoms with Gasteiger partial charge in [-0.3, -0.25) is 19.2 Å². The summed E-state index contributed by atoms with van der Waals surface area (Å²) in [5.41, 5.74) is 10.9. The monoisotopic (exact) mass is 413 g/mol. The minimum absolute atomic E-state index is 0.136. The molecule has 0 aromatic heterocycles. The van der Waals surface area contributed by atoms with Gasteiger partial charge in [0, 0.05) is 26.2 Å². The summed E-state index contributed by atoms with van der Waals surface area (Å²) in [5.74, 6) is -2.66. The second kappa shape index (κ2) is 9.51. The Balaban J connectivity index is 1.88. The van der Waals surface area contributed by atoms with Gasteiger partial charge in [0.15, 0.2) is 0 Å². The first-order valence-corrected chi connectivity index (χ1v) is 9.81. The number of rotatable bonds is 7. The molecule has 7 N–H and O–H groups in total. The van der Waals surface area contributed by atoms with Crippen molar-refractivity contribution in [2.45, 2.75) is 51.0 Å². The minimum Gasteiger partial charge on any atom is -0.391 e. The Morgan fingerprint density at radius 3 is 2.07 bits per heavy atom. The molecule has 0 spiro atoms. The standard InChI is InChI=1S/C18H31N5O6/c1-9(24)13(19)18(29)23-6-4-12(8-23)17(28)22-5-3-11(7-22)16(27)21-14(10(2)25)15(20)26/h9-14,24-25H,3-8,19H2,1-2H3,(H2,20,26)(H,21,27)/t9-,10-,11-,12+,13+,14+/m1/s1. The fourth-order valence-electron chi connectivity index (χ4n) is 3.71. The molecule has 11 nitrogen and oxygen atoms in total. The topological polar surface area (TPSA) is 179 Å². The number of carbonyl (C=O) groups is 4. The Labute approximate surface area is 169 Å². The van der Waals surface area contributed by atoms with Crippen molar-refractivity contribution < 1.29 is 29.4 Å². The first kappa shape index (κ1) is 23.0. The van der Waals surface area contributed by atoms with E-state index in [1.807, 2.05) is 0 Å². The number of primary amides is 1. The van der Waals surface area contributed by atoms with Crippen molar-refractivity contribution in [2.24, 2.45) is 23.3 Å². The molecule has 2 heterocycles. The van der Waals surface area contributed by atoms with Crippen LogP contribution in [-0.4, -0.2) is 94.1 Å². The average Bonchev–Trinajstić information content (AvgIpc) is 3.33. The fraction of sp³-hybridized carbons (Fsp3) is 0.778. The molecule has 2 aliphatic rings. The van der Waals surface area contributed by atoms with Crippen LogP contribution in [0.1, 0.15) is 26.7 Å². The number of nitrogens with one attached hydrogen (secondary N) is 1. The van der Waals surface area contributed by atoms with Crippen LogP contribution in [0.3, 0.4) is 0 Å². The Morgan fingerprint density at radius 2 is 1.52 bits per heavy atom. The maximum Gasteiger partial charge on any atom is 0.242 e. The second-order valence-electron chi connectivity index (χ2n) is 7.94. The highest BCUT2D eigenvalue weighted by Gasteiger charge is 2.39. The molecule has 0 bridgehead atoms. The zero-order valence-corrected chi connectivity index (χ0v) is 16.8.